The first-order valence-corrected chi connectivity index (χ1v) is 4.58. The van der Waals surface area contributed by atoms with Crippen LogP contribution in [0.1, 0.15) is 11.7 Å². The summed E-state index contributed by atoms with van der Waals surface area (Å²) in [5, 5.41) is 1.05. The van der Waals surface area contributed by atoms with Gasteiger partial charge in [0.25, 0.3) is 5.56 Å². The van der Waals surface area contributed by atoms with Crippen LogP contribution in [0, 0.1) is 0 Å². The number of hydrogen-bond donors (Lipinski definition) is 1. The lowest BCUT2D eigenvalue weighted by atomic mass is 10.1. The molecule has 1 aromatic carbocycles. The average molecular weight is 187 g/mol. The van der Waals surface area contributed by atoms with Crippen molar-refractivity contribution in [3.63, 3.8) is 0 Å². The van der Waals surface area contributed by atoms with Crippen molar-refractivity contribution in [3.8, 4) is 0 Å². The van der Waals surface area contributed by atoms with E-state index in [9.17, 15) is 4.79 Å². The van der Waals surface area contributed by atoms with E-state index in [2.05, 4.69) is 4.98 Å². The molecule has 3 rings (SSSR count). The Bertz CT molecular complexity index is 540. The van der Waals surface area contributed by atoms with Crippen molar-refractivity contribution in [2.45, 2.75) is 6.10 Å². The van der Waals surface area contributed by atoms with Crippen LogP contribution in [0.4, 0.5) is 0 Å². The van der Waals surface area contributed by atoms with E-state index in [1.807, 2.05) is 30.3 Å². The molecule has 3 heteroatoms. The highest BCUT2D eigenvalue weighted by Crippen LogP contribution is 2.28. The van der Waals surface area contributed by atoms with Gasteiger partial charge in [0.05, 0.1) is 6.61 Å². The highest BCUT2D eigenvalue weighted by atomic mass is 16.6. The molecular formula is C11H9NO2. The molecule has 1 saturated heterocycles. The Balaban J connectivity index is 2.32. The summed E-state index contributed by atoms with van der Waals surface area (Å²) in [6.45, 7) is 0.668. The van der Waals surface area contributed by atoms with Gasteiger partial charge in [-0.15, -0.1) is 0 Å². The second-order valence-electron chi connectivity index (χ2n) is 3.46. The summed E-state index contributed by atoms with van der Waals surface area (Å²) in [5.74, 6) is 0. The quantitative estimate of drug-likeness (QED) is 0.689. The van der Waals surface area contributed by atoms with E-state index < -0.39 is 0 Å². The average Bonchev–Trinajstić information content (AvgIpc) is 3.00. The topological polar surface area (TPSA) is 45.4 Å². The third-order valence-electron chi connectivity index (χ3n) is 2.46. The number of epoxide rings is 1. The van der Waals surface area contributed by atoms with E-state index in [1.165, 1.54) is 0 Å². The molecule has 0 unspecified atom stereocenters. The molecule has 0 radical (unpaired) electrons. The van der Waals surface area contributed by atoms with E-state index in [-0.39, 0.29) is 11.7 Å². The molecule has 1 aliphatic heterocycles. The molecule has 1 fully saturated rings. The van der Waals surface area contributed by atoms with Crippen molar-refractivity contribution in [3.05, 3.63) is 46.2 Å². The molecule has 0 saturated carbocycles. The first-order valence-electron chi connectivity index (χ1n) is 4.58. The van der Waals surface area contributed by atoms with Crippen LogP contribution in [0.3, 0.4) is 0 Å². The smallest absolute Gasteiger partial charge is 0.254 e. The molecule has 0 amide bonds. The number of aromatic amines is 1. The number of nitrogens with one attached hydrogen (secondary N) is 1. The van der Waals surface area contributed by atoms with Crippen molar-refractivity contribution >= 4 is 10.9 Å². The van der Waals surface area contributed by atoms with Gasteiger partial charge in [0.1, 0.15) is 6.10 Å². The Morgan fingerprint density at radius 2 is 2.14 bits per heavy atom. The van der Waals surface area contributed by atoms with Crippen molar-refractivity contribution < 1.29 is 4.74 Å². The van der Waals surface area contributed by atoms with Gasteiger partial charge in [-0.1, -0.05) is 18.2 Å². The number of ether oxygens (including phenoxy) is 1. The maximum atomic E-state index is 11.6. The van der Waals surface area contributed by atoms with Crippen LogP contribution in [-0.2, 0) is 4.74 Å². The Kier molecular flexibility index (Phi) is 1.49. The molecule has 3 nitrogen and oxygen atoms in total. The van der Waals surface area contributed by atoms with Crippen molar-refractivity contribution in [1.82, 2.24) is 4.98 Å². The van der Waals surface area contributed by atoms with Crippen LogP contribution < -0.4 is 5.56 Å². The first-order chi connectivity index (χ1) is 6.84. The van der Waals surface area contributed by atoms with Gasteiger partial charge in [-0.3, -0.25) is 4.79 Å². The maximum absolute atomic E-state index is 11.6. The van der Waals surface area contributed by atoms with Crippen molar-refractivity contribution in [2.75, 3.05) is 6.61 Å². The van der Waals surface area contributed by atoms with Gasteiger partial charge in [0, 0.05) is 11.1 Å². The van der Waals surface area contributed by atoms with E-state index >= 15 is 0 Å². The molecule has 0 bridgehead atoms. The second-order valence-corrected chi connectivity index (χ2v) is 3.46. The number of fused-ring (bicyclic) bond motifs is 1. The third kappa shape index (κ3) is 1.14. The van der Waals surface area contributed by atoms with Crippen LogP contribution in [0.5, 0.6) is 0 Å². The molecule has 2 heterocycles. The maximum Gasteiger partial charge on any atom is 0.254 e. The largest absolute Gasteiger partial charge is 0.368 e. The zero-order chi connectivity index (χ0) is 9.54. The number of rotatable bonds is 1. The highest BCUT2D eigenvalue weighted by molar-refractivity contribution is 5.78. The van der Waals surface area contributed by atoms with Crippen LogP contribution in [0.2, 0.25) is 0 Å². The third-order valence-corrected chi connectivity index (χ3v) is 2.46. The number of hydrogen-bond acceptors (Lipinski definition) is 2. The Hall–Kier alpha value is -1.61. The van der Waals surface area contributed by atoms with Gasteiger partial charge in [-0.2, -0.15) is 0 Å². The lowest BCUT2D eigenvalue weighted by molar-refractivity contribution is 0.414. The minimum absolute atomic E-state index is 0.0170. The van der Waals surface area contributed by atoms with E-state index in [0.717, 1.165) is 16.5 Å². The Morgan fingerprint density at radius 1 is 1.36 bits per heavy atom. The SMILES string of the molecule is O=c1[nH]c2ccccc2cc1[C@@H]1CO1. The molecule has 14 heavy (non-hydrogen) atoms. The van der Waals surface area contributed by atoms with E-state index in [1.54, 1.807) is 0 Å². The monoisotopic (exact) mass is 187 g/mol. The van der Waals surface area contributed by atoms with E-state index in [4.69, 9.17) is 4.74 Å². The molecule has 0 spiro atoms. The zero-order valence-corrected chi connectivity index (χ0v) is 7.49. The van der Waals surface area contributed by atoms with Gasteiger partial charge in [0.2, 0.25) is 0 Å². The van der Waals surface area contributed by atoms with Crippen molar-refractivity contribution in [1.29, 1.82) is 0 Å². The highest BCUT2D eigenvalue weighted by Gasteiger charge is 2.27. The summed E-state index contributed by atoms with van der Waals surface area (Å²) in [6.07, 6.45) is 0.0170. The fourth-order valence-corrected chi connectivity index (χ4v) is 1.63. The molecule has 2 aromatic rings. The normalized spacial score (nSPS) is 19.9. The molecule has 1 atom stereocenters. The number of para-hydroxylation sites is 1. The molecule has 70 valence electrons. The lowest BCUT2D eigenvalue weighted by Crippen LogP contribution is -2.11. The number of benzene rings is 1. The van der Waals surface area contributed by atoms with Gasteiger partial charge in [-0.25, -0.2) is 0 Å². The summed E-state index contributed by atoms with van der Waals surface area (Å²) >= 11 is 0. The van der Waals surface area contributed by atoms with Gasteiger partial charge < -0.3 is 9.72 Å². The summed E-state index contributed by atoms with van der Waals surface area (Å²) in [7, 11) is 0. The molecule has 1 N–H and O–H groups in total. The molecule has 1 aliphatic rings. The summed E-state index contributed by atoms with van der Waals surface area (Å²) < 4.78 is 5.10. The lowest BCUT2D eigenvalue weighted by Gasteiger charge is -1.99. The fourth-order valence-electron chi connectivity index (χ4n) is 1.63. The van der Waals surface area contributed by atoms with E-state index in [0.29, 0.717) is 6.61 Å². The van der Waals surface area contributed by atoms with Crippen LogP contribution in [0.25, 0.3) is 10.9 Å². The first kappa shape index (κ1) is 7.76. The predicted octanol–water partition coefficient (Wildman–Crippen LogP) is 1.60. The van der Waals surface area contributed by atoms with Crippen LogP contribution in [0.15, 0.2) is 35.1 Å². The molecular weight excluding hydrogens is 178 g/mol. The Morgan fingerprint density at radius 3 is 2.93 bits per heavy atom. The zero-order valence-electron chi connectivity index (χ0n) is 7.49. The minimum atomic E-state index is -0.0359. The Labute approximate surface area is 80.3 Å². The summed E-state index contributed by atoms with van der Waals surface area (Å²) in [5.41, 5.74) is 1.58. The van der Waals surface area contributed by atoms with Crippen LogP contribution in [-0.4, -0.2) is 11.6 Å². The number of aromatic nitrogens is 1. The summed E-state index contributed by atoms with van der Waals surface area (Å²) in [6, 6.07) is 9.65. The number of H-pyrrole nitrogens is 1. The standard InChI is InChI=1S/C11H9NO2/c13-11-8(10-6-14-10)5-7-3-1-2-4-9(7)12-11/h1-5,10H,6H2,(H,12,13)/t10-/m0/s1. The van der Waals surface area contributed by atoms with Crippen LogP contribution >= 0.6 is 0 Å². The molecule has 1 aromatic heterocycles. The van der Waals surface area contributed by atoms with Crippen molar-refractivity contribution in [2.24, 2.45) is 0 Å². The summed E-state index contributed by atoms with van der Waals surface area (Å²) in [4.78, 5) is 14.4. The minimum Gasteiger partial charge on any atom is -0.368 e. The predicted molar refractivity (Wildman–Crippen MR) is 53.3 cm³/mol. The second kappa shape index (κ2) is 2.69. The fraction of sp³-hybridized carbons (Fsp3) is 0.182. The van der Waals surface area contributed by atoms with Gasteiger partial charge in [0.15, 0.2) is 0 Å². The number of pyridine rings is 1. The van der Waals surface area contributed by atoms with Gasteiger partial charge >= 0.3 is 0 Å². The molecule has 0 aliphatic carbocycles. The van der Waals surface area contributed by atoms with Gasteiger partial charge in [-0.05, 0) is 17.5 Å².